The van der Waals surface area contributed by atoms with Gasteiger partial charge in [0.05, 0.1) is 0 Å². The van der Waals surface area contributed by atoms with Crippen LogP contribution in [-0.4, -0.2) is 41.7 Å². The number of carboxylic acids is 1. The van der Waals surface area contributed by atoms with Gasteiger partial charge in [0.2, 0.25) is 0 Å². The minimum Gasteiger partial charge on any atom is -0.480 e. The molecule has 1 unspecified atom stereocenters. The Morgan fingerprint density at radius 2 is 1.94 bits per heavy atom. The van der Waals surface area contributed by atoms with Crippen LogP contribution in [0.15, 0.2) is 0 Å². The Morgan fingerprint density at radius 1 is 1.35 bits per heavy atom. The van der Waals surface area contributed by atoms with E-state index in [1.54, 1.807) is 0 Å². The summed E-state index contributed by atoms with van der Waals surface area (Å²) in [5, 5.41) is 9.30. The van der Waals surface area contributed by atoms with Gasteiger partial charge in [-0.25, -0.2) is 0 Å². The maximum atomic E-state index is 11.3. The molecule has 0 saturated carbocycles. The molecule has 0 aromatic carbocycles. The maximum Gasteiger partial charge on any atom is 0.320 e. The number of hydrogen-bond acceptors (Lipinski definition) is 3. The van der Waals surface area contributed by atoms with Crippen LogP contribution in [0, 0.1) is 5.41 Å². The van der Waals surface area contributed by atoms with Crippen LogP contribution in [0.25, 0.3) is 0 Å². The van der Waals surface area contributed by atoms with Crippen LogP contribution in [0.1, 0.15) is 47.0 Å². The number of nitrogens with two attached hydrogens (primary N) is 1. The Morgan fingerprint density at radius 3 is 2.29 bits per heavy atom. The molecule has 0 aromatic heterocycles. The zero-order chi connectivity index (χ0) is 13.5. The Hall–Kier alpha value is -0.610. The van der Waals surface area contributed by atoms with Crippen molar-refractivity contribution < 1.29 is 9.90 Å². The first-order valence-corrected chi connectivity index (χ1v) is 6.54. The van der Waals surface area contributed by atoms with Crippen molar-refractivity contribution >= 4 is 5.97 Å². The number of nitrogens with zero attached hydrogens (tertiary/aromatic N) is 1. The van der Waals surface area contributed by atoms with Gasteiger partial charge in [0.15, 0.2) is 0 Å². The highest BCUT2D eigenvalue weighted by Crippen LogP contribution is 2.19. The van der Waals surface area contributed by atoms with Crippen LogP contribution in [0.4, 0.5) is 0 Å². The predicted molar refractivity (Wildman–Crippen MR) is 71.0 cm³/mol. The minimum atomic E-state index is -0.715. The molecule has 4 nitrogen and oxygen atoms in total. The summed E-state index contributed by atoms with van der Waals surface area (Å²) < 4.78 is 0. The van der Waals surface area contributed by atoms with Crippen molar-refractivity contribution in [3.8, 4) is 0 Å². The molecule has 102 valence electrons. The van der Waals surface area contributed by atoms with E-state index in [2.05, 4.69) is 25.7 Å². The number of carbonyl (C=O) groups is 1. The Bertz CT molecular complexity index is 229. The fourth-order valence-corrected chi connectivity index (χ4v) is 1.98. The second-order valence-corrected chi connectivity index (χ2v) is 5.48. The van der Waals surface area contributed by atoms with Crippen LogP contribution in [-0.2, 0) is 4.79 Å². The molecule has 0 aliphatic rings. The molecule has 3 N–H and O–H groups in total. The first-order valence-electron chi connectivity index (χ1n) is 6.54. The molecule has 0 fully saturated rings. The summed E-state index contributed by atoms with van der Waals surface area (Å²) in [6.07, 6.45) is 2.56. The Labute approximate surface area is 105 Å². The molecule has 4 heteroatoms. The molecule has 0 amide bonds. The standard InChI is InChI=1S/C13H28N2O2/c1-5-7-11(12(16)17)15(8-6-2)10-13(3,4)9-14/h11H,5-10,14H2,1-4H3,(H,16,17). The SMILES string of the molecule is CCCC(C(=O)O)N(CCC)CC(C)(C)CN. The average Bonchev–Trinajstić information content (AvgIpc) is 2.24. The van der Waals surface area contributed by atoms with Crippen LogP contribution in [0.3, 0.4) is 0 Å². The van der Waals surface area contributed by atoms with Gasteiger partial charge in [0.1, 0.15) is 6.04 Å². The highest BCUT2D eigenvalue weighted by atomic mass is 16.4. The molecular formula is C13H28N2O2. The van der Waals surface area contributed by atoms with E-state index in [4.69, 9.17) is 5.73 Å². The van der Waals surface area contributed by atoms with E-state index < -0.39 is 5.97 Å². The quantitative estimate of drug-likeness (QED) is 0.650. The third-order valence-corrected chi connectivity index (χ3v) is 2.98. The maximum absolute atomic E-state index is 11.3. The van der Waals surface area contributed by atoms with Crippen molar-refractivity contribution in [1.82, 2.24) is 4.90 Å². The lowest BCUT2D eigenvalue weighted by Crippen LogP contribution is -2.47. The normalized spacial score (nSPS) is 14.0. The van der Waals surface area contributed by atoms with Crippen LogP contribution in [0.2, 0.25) is 0 Å². The molecule has 0 aromatic rings. The summed E-state index contributed by atoms with van der Waals surface area (Å²) in [6.45, 7) is 10.4. The zero-order valence-corrected chi connectivity index (χ0v) is 11.7. The van der Waals surface area contributed by atoms with E-state index in [0.29, 0.717) is 13.0 Å². The van der Waals surface area contributed by atoms with Crippen molar-refractivity contribution in [1.29, 1.82) is 0 Å². The van der Waals surface area contributed by atoms with Crippen LogP contribution in [0.5, 0.6) is 0 Å². The van der Waals surface area contributed by atoms with Crippen molar-refractivity contribution in [3.05, 3.63) is 0 Å². The summed E-state index contributed by atoms with van der Waals surface area (Å²) in [7, 11) is 0. The molecule has 0 spiro atoms. The Balaban J connectivity index is 4.72. The fourth-order valence-electron chi connectivity index (χ4n) is 1.98. The number of hydrogen-bond donors (Lipinski definition) is 2. The number of carboxylic acid groups (broad SMARTS) is 1. The Kier molecular flexibility index (Phi) is 7.39. The van der Waals surface area contributed by atoms with E-state index in [0.717, 1.165) is 25.9 Å². The molecular weight excluding hydrogens is 216 g/mol. The lowest BCUT2D eigenvalue weighted by molar-refractivity contribution is -0.144. The molecule has 0 rings (SSSR count). The minimum absolute atomic E-state index is 0.0311. The van der Waals surface area contributed by atoms with Gasteiger partial charge in [-0.1, -0.05) is 34.1 Å². The second kappa shape index (κ2) is 7.67. The van der Waals surface area contributed by atoms with Crippen molar-refractivity contribution in [3.63, 3.8) is 0 Å². The summed E-state index contributed by atoms with van der Waals surface area (Å²) in [5.41, 5.74) is 5.70. The van der Waals surface area contributed by atoms with Gasteiger partial charge in [-0.3, -0.25) is 9.69 Å². The summed E-state index contributed by atoms with van der Waals surface area (Å²) >= 11 is 0. The van der Waals surface area contributed by atoms with E-state index in [1.165, 1.54) is 0 Å². The molecule has 0 saturated heterocycles. The predicted octanol–water partition coefficient (Wildman–Crippen LogP) is 1.94. The van der Waals surface area contributed by atoms with Crippen molar-refractivity contribution in [2.45, 2.75) is 53.0 Å². The largest absolute Gasteiger partial charge is 0.480 e. The first-order chi connectivity index (χ1) is 7.87. The first kappa shape index (κ1) is 16.4. The lowest BCUT2D eigenvalue weighted by Gasteiger charge is -2.35. The van der Waals surface area contributed by atoms with Gasteiger partial charge in [-0.2, -0.15) is 0 Å². The van der Waals surface area contributed by atoms with E-state index in [-0.39, 0.29) is 11.5 Å². The topological polar surface area (TPSA) is 66.6 Å². The molecule has 0 aliphatic heterocycles. The van der Waals surface area contributed by atoms with Crippen molar-refractivity contribution in [2.24, 2.45) is 11.1 Å². The fraction of sp³-hybridized carbons (Fsp3) is 0.923. The summed E-state index contributed by atoms with van der Waals surface area (Å²) in [4.78, 5) is 13.4. The van der Waals surface area contributed by atoms with Gasteiger partial charge in [0.25, 0.3) is 0 Å². The second-order valence-electron chi connectivity index (χ2n) is 5.48. The van der Waals surface area contributed by atoms with Gasteiger partial charge in [0, 0.05) is 6.54 Å². The van der Waals surface area contributed by atoms with Gasteiger partial charge < -0.3 is 10.8 Å². The van der Waals surface area contributed by atoms with Crippen molar-refractivity contribution in [2.75, 3.05) is 19.6 Å². The highest BCUT2D eigenvalue weighted by molar-refractivity contribution is 5.73. The van der Waals surface area contributed by atoms with Gasteiger partial charge in [-0.05, 0) is 31.3 Å². The van der Waals surface area contributed by atoms with Crippen LogP contribution >= 0.6 is 0 Å². The zero-order valence-electron chi connectivity index (χ0n) is 11.7. The average molecular weight is 244 g/mol. The summed E-state index contributed by atoms with van der Waals surface area (Å²) in [5.74, 6) is -0.715. The van der Waals surface area contributed by atoms with Crippen LogP contribution < -0.4 is 5.73 Å². The smallest absolute Gasteiger partial charge is 0.320 e. The van der Waals surface area contributed by atoms with E-state index >= 15 is 0 Å². The summed E-state index contributed by atoms with van der Waals surface area (Å²) in [6, 6.07) is -0.370. The molecule has 0 aliphatic carbocycles. The van der Waals surface area contributed by atoms with E-state index in [9.17, 15) is 9.90 Å². The van der Waals surface area contributed by atoms with Gasteiger partial charge in [-0.15, -0.1) is 0 Å². The molecule has 0 bridgehead atoms. The lowest BCUT2D eigenvalue weighted by atomic mass is 9.92. The van der Waals surface area contributed by atoms with E-state index in [1.807, 2.05) is 6.92 Å². The molecule has 17 heavy (non-hydrogen) atoms. The highest BCUT2D eigenvalue weighted by Gasteiger charge is 2.28. The number of aliphatic carboxylic acids is 1. The van der Waals surface area contributed by atoms with Gasteiger partial charge >= 0.3 is 5.97 Å². The molecule has 0 radical (unpaired) electrons. The molecule has 1 atom stereocenters. The number of rotatable bonds is 9. The monoisotopic (exact) mass is 244 g/mol. The molecule has 0 heterocycles. The third-order valence-electron chi connectivity index (χ3n) is 2.98. The third kappa shape index (κ3) is 6.03.